The van der Waals surface area contributed by atoms with Crippen LogP contribution in [0.1, 0.15) is 31.2 Å². The van der Waals surface area contributed by atoms with Crippen LogP contribution in [0.4, 0.5) is 4.39 Å². The minimum atomic E-state index is -0.911. The van der Waals surface area contributed by atoms with E-state index >= 15 is 0 Å². The molecule has 0 saturated carbocycles. The lowest BCUT2D eigenvalue weighted by molar-refractivity contribution is -0.137. The summed E-state index contributed by atoms with van der Waals surface area (Å²) in [5.41, 5.74) is 1.99. The van der Waals surface area contributed by atoms with Crippen molar-refractivity contribution in [2.45, 2.75) is 33.2 Å². The lowest BCUT2D eigenvalue weighted by Gasteiger charge is -2.06. The Bertz CT molecular complexity index is 647. The highest BCUT2D eigenvalue weighted by molar-refractivity contribution is 5.67. The summed E-state index contributed by atoms with van der Waals surface area (Å²) < 4.78 is 14.9. The Hall–Kier alpha value is -2.17. The van der Waals surface area contributed by atoms with Crippen molar-refractivity contribution in [1.29, 1.82) is 0 Å². The van der Waals surface area contributed by atoms with E-state index in [9.17, 15) is 9.18 Å². The molecule has 106 valence electrons. The number of hydrogen-bond donors (Lipinski definition) is 1. The number of carboxylic acid groups (broad SMARTS) is 1. The molecule has 0 radical (unpaired) electrons. The lowest BCUT2D eigenvalue weighted by Crippen LogP contribution is -2.11. The largest absolute Gasteiger partial charge is 0.480 e. The van der Waals surface area contributed by atoms with E-state index in [1.165, 1.54) is 6.07 Å². The van der Waals surface area contributed by atoms with E-state index in [1.54, 1.807) is 29.8 Å². The Morgan fingerprint density at radius 3 is 2.70 bits per heavy atom. The van der Waals surface area contributed by atoms with Crippen molar-refractivity contribution in [2.75, 3.05) is 0 Å². The predicted molar refractivity (Wildman–Crippen MR) is 74.1 cm³/mol. The fourth-order valence-corrected chi connectivity index (χ4v) is 2.11. The molecule has 20 heavy (non-hydrogen) atoms. The first kappa shape index (κ1) is 14.2. The molecule has 1 N–H and O–H groups in total. The summed E-state index contributed by atoms with van der Waals surface area (Å²) >= 11 is 0. The van der Waals surface area contributed by atoms with Crippen LogP contribution in [0.25, 0.3) is 11.3 Å². The van der Waals surface area contributed by atoms with Gasteiger partial charge in [-0.3, -0.25) is 4.79 Å². The maximum atomic E-state index is 13.3. The number of benzene rings is 1. The van der Waals surface area contributed by atoms with Crippen molar-refractivity contribution in [1.82, 2.24) is 9.55 Å². The SMILES string of the molecule is Cc1cc(-c2cn(CC(=O)O)c(C(C)C)n2)ccc1F. The standard InChI is InChI=1S/C15H17FN2O2/c1-9(2)15-17-13(7-18(15)8-14(19)20)11-4-5-12(16)10(3)6-11/h4-7,9H,8H2,1-3H3,(H,19,20). The average Bonchev–Trinajstić information content (AvgIpc) is 2.76. The van der Waals surface area contributed by atoms with Gasteiger partial charge < -0.3 is 9.67 Å². The molecule has 2 aromatic rings. The van der Waals surface area contributed by atoms with Gasteiger partial charge in [-0.2, -0.15) is 0 Å². The van der Waals surface area contributed by atoms with Gasteiger partial charge in [0.25, 0.3) is 0 Å². The highest BCUT2D eigenvalue weighted by atomic mass is 19.1. The van der Waals surface area contributed by atoms with Gasteiger partial charge in [-0.25, -0.2) is 9.37 Å². The maximum absolute atomic E-state index is 13.3. The van der Waals surface area contributed by atoms with E-state index in [-0.39, 0.29) is 18.3 Å². The number of halogens is 1. The van der Waals surface area contributed by atoms with Crippen LogP contribution in [0, 0.1) is 12.7 Å². The zero-order valence-corrected chi connectivity index (χ0v) is 11.7. The molecule has 1 heterocycles. The van der Waals surface area contributed by atoms with E-state index in [4.69, 9.17) is 5.11 Å². The fourth-order valence-electron chi connectivity index (χ4n) is 2.11. The molecule has 1 aromatic carbocycles. The molecule has 0 unspecified atom stereocenters. The van der Waals surface area contributed by atoms with Crippen LogP contribution < -0.4 is 0 Å². The van der Waals surface area contributed by atoms with Gasteiger partial charge in [0.05, 0.1) is 5.69 Å². The second-order valence-electron chi connectivity index (χ2n) is 5.12. The predicted octanol–water partition coefficient (Wildman–Crippen LogP) is 3.21. The summed E-state index contributed by atoms with van der Waals surface area (Å²) in [6, 6.07) is 4.77. The first-order valence-electron chi connectivity index (χ1n) is 6.44. The summed E-state index contributed by atoms with van der Waals surface area (Å²) in [5, 5.41) is 8.94. The summed E-state index contributed by atoms with van der Waals surface area (Å²) in [4.78, 5) is 15.4. The Kier molecular flexibility index (Phi) is 3.88. The zero-order valence-electron chi connectivity index (χ0n) is 11.7. The monoisotopic (exact) mass is 276 g/mol. The van der Waals surface area contributed by atoms with Crippen LogP contribution in [0.2, 0.25) is 0 Å². The Balaban J connectivity index is 2.46. The molecule has 0 bridgehead atoms. The van der Waals surface area contributed by atoms with Crippen molar-refractivity contribution in [2.24, 2.45) is 0 Å². The first-order chi connectivity index (χ1) is 9.38. The van der Waals surface area contributed by atoms with E-state index in [1.807, 2.05) is 13.8 Å². The van der Waals surface area contributed by atoms with E-state index in [0.717, 1.165) is 5.56 Å². The number of aromatic nitrogens is 2. The molecule has 0 aliphatic heterocycles. The van der Waals surface area contributed by atoms with Gasteiger partial charge >= 0.3 is 5.97 Å². The summed E-state index contributed by atoms with van der Waals surface area (Å²) in [6.07, 6.45) is 1.70. The van der Waals surface area contributed by atoms with Gasteiger partial charge in [0.15, 0.2) is 0 Å². The van der Waals surface area contributed by atoms with Gasteiger partial charge in [-0.1, -0.05) is 13.8 Å². The lowest BCUT2D eigenvalue weighted by atomic mass is 10.1. The van der Waals surface area contributed by atoms with Gasteiger partial charge in [0.2, 0.25) is 0 Å². The Labute approximate surface area is 116 Å². The summed E-state index contributed by atoms with van der Waals surface area (Å²) in [5.74, 6) is -0.344. The molecule has 0 saturated heterocycles. The molecule has 1 aromatic heterocycles. The molecule has 0 aliphatic rings. The molecular formula is C15H17FN2O2. The molecule has 0 atom stereocenters. The zero-order chi connectivity index (χ0) is 14.9. The highest BCUT2D eigenvalue weighted by Crippen LogP contribution is 2.24. The van der Waals surface area contributed by atoms with Crippen LogP contribution in [0.3, 0.4) is 0 Å². The molecular weight excluding hydrogens is 259 g/mol. The van der Waals surface area contributed by atoms with E-state index in [0.29, 0.717) is 17.1 Å². The molecule has 0 amide bonds. The topological polar surface area (TPSA) is 55.1 Å². The van der Waals surface area contributed by atoms with Crippen LogP contribution in [0.15, 0.2) is 24.4 Å². The Morgan fingerprint density at radius 1 is 1.45 bits per heavy atom. The second kappa shape index (κ2) is 5.45. The van der Waals surface area contributed by atoms with E-state index < -0.39 is 5.97 Å². The van der Waals surface area contributed by atoms with E-state index in [2.05, 4.69) is 4.98 Å². The normalized spacial score (nSPS) is 11.1. The summed E-state index contributed by atoms with van der Waals surface area (Å²) in [6.45, 7) is 5.48. The maximum Gasteiger partial charge on any atom is 0.323 e. The minimum Gasteiger partial charge on any atom is -0.480 e. The Morgan fingerprint density at radius 2 is 2.15 bits per heavy atom. The van der Waals surface area contributed by atoms with Crippen molar-refractivity contribution in [3.63, 3.8) is 0 Å². The minimum absolute atomic E-state index is 0.115. The molecule has 2 rings (SSSR count). The van der Waals surface area contributed by atoms with Gasteiger partial charge in [-0.15, -0.1) is 0 Å². The third-order valence-corrected chi connectivity index (χ3v) is 3.08. The molecule has 0 spiro atoms. The number of hydrogen-bond acceptors (Lipinski definition) is 2. The first-order valence-corrected chi connectivity index (χ1v) is 6.44. The van der Waals surface area contributed by atoms with Crippen molar-refractivity contribution in [3.05, 3.63) is 41.6 Å². The number of carboxylic acids is 1. The van der Waals surface area contributed by atoms with Crippen molar-refractivity contribution < 1.29 is 14.3 Å². The number of nitrogens with zero attached hydrogens (tertiary/aromatic N) is 2. The highest BCUT2D eigenvalue weighted by Gasteiger charge is 2.15. The van der Waals surface area contributed by atoms with Crippen LogP contribution >= 0.6 is 0 Å². The van der Waals surface area contributed by atoms with Crippen molar-refractivity contribution in [3.8, 4) is 11.3 Å². The number of imidazole rings is 1. The second-order valence-corrected chi connectivity index (χ2v) is 5.12. The molecule has 0 aliphatic carbocycles. The third kappa shape index (κ3) is 2.87. The molecule has 4 nitrogen and oxygen atoms in total. The number of aliphatic carboxylic acids is 1. The fraction of sp³-hybridized carbons (Fsp3) is 0.333. The van der Waals surface area contributed by atoms with Crippen LogP contribution in [-0.4, -0.2) is 20.6 Å². The third-order valence-electron chi connectivity index (χ3n) is 3.08. The number of rotatable bonds is 4. The van der Waals surface area contributed by atoms with Gasteiger partial charge in [-0.05, 0) is 30.7 Å². The smallest absolute Gasteiger partial charge is 0.323 e. The van der Waals surface area contributed by atoms with Crippen LogP contribution in [-0.2, 0) is 11.3 Å². The van der Waals surface area contributed by atoms with Gasteiger partial charge in [0, 0.05) is 17.7 Å². The number of carbonyl (C=O) groups is 1. The molecule has 5 heteroatoms. The van der Waals surface area contributed by atoms with Crippen molar-refractivity contribution >= 4 is 5.97 Å². The quantitative estimate of drug-likeness (QED) is 0.933. The van der Waals surface area contributed by atoms with Crippen LogP contribution in [0.5, 0.6) is 0 Å². The van der Waals surface area contributed by atoms with Gasteiger partial charge in [0.1, 0.15) is 18.2 Å². The molecule has 0 fully saturated rings. The summed E-state index contributed by atoms with van der Waals surface area (Å²) in [7, 11) is 0. The number of aryl methyl sites for hydroxylation is 1. The average molecular weight is 276 g/mol.